The van der Waals surface area contributed by atoms with E-state index in [2.05, 4.69) is 31.0 Å². The minimum absolute atomic E-state index is 0.0181. The van der Waals surface area contributed by atoms with Crippen LogP contribution in [0.2, 0.25) is 0 Å². The second kappa shape index (κ2) is 6.51. The highest BCUT2D eigenvalue weighted by Crippen LogP contribution is 2.55. The molecule has 0 aliphatic heterocycles. The van der Waals surface area contributed by atoms with Crippen molar-refractivity contribution in [3.63, 3.8) is 0 Å². The molecule has 1 amide bonds. The van der Waals surface area contributed by atoms with Crippen LogP contribution in [0, 0.1) is 17.8 Å². The van der Waals surface area contributed by atoms with Crippen molar-refractivity contribution in [3.05, 3.63) is 0 Å². The fourth-order valence-corrected chi connectivity index (χ4v) is 5.78. The lowest BCUT2D eigenvalue weighted by atomic mass is 9.53. The Morgan fingerprint density at radius 3 is 2.14 bits per heavy atom. The van der Waals surface area contributed by atoms with Crippen molar-refractivity contribution >= 4 is 5.91 Å². The highest BCUT2D eigenvalue weighted by atomic mass is 16.2. The first-order valence-electron chi connectivity index (χ1n) is 9.61. The molecular formula is C19H34N2O. The molecule has 0 radical (unpaired) electrons. The topological polar surface area (TPSA) is 32.3 Å². The molecule has 4 aliphatic carbocycles. The average Bonchev–Trinajstić information content (AvgIpc) is 2.45. The summed E-state index contributed by atoms with van der Waals surface area (Å²) in [6, 6.07) is 0.0181. The summed E-state index contributed by atoms with van der Waals surface area (Å²) < 4.78 is 0. The van der Waals surface area contributed by atoms with Crippen molar-refractivity contribution in [1.29, 1.82) is 0 Å². The second-order valence-electron chi connectivity index (χ2n) is 8.35. The van der Waals surface area contributed by atoms with Crippen molar-refractivity contribution in [2.24, 2.45) is 17.8 Å². The minimum atomic E-state index is 0.0181. The molecule has 3 nitrogen and oxygen atoms in total. The number of hydrogen-bond donors (Lipinski definition) is 1. The van der Waals surface area contributed by atoms with Gasteiger partial charge in [0.25, 0.3) is 0 Å². The highest BCUT2D eigenvalue weighted by molar-refractivity contribution is 5.82. The van der Waals surface area contributed by atoms with Crippen LogP contribution in [-0.2, 0) is 4.79 Å². The van der Waals surface area contributed by atoms with E-state index >= 15 is 0 Å². The minimum Gasteiger partial charge on any atom is -0.349 e. The Morgan fingerprint density at radius 2 is 1.68 bits per heavy atom. The zero-order chi connectivity index (χ0) is 15.7. The van der Waals surface area contributed by atoms with Crippen molar-refractivity contribution in [2.45, 2.75) is 83.7 Å². The smallest absolute Gasteiger partial charge is 0.237 e. The number of carbonyl (C=O) groups excluding carboxylic acids is 1. The van der Waals surface area contributed by atoms with Gasteiger partial charge in [0.1, 0.15) is 0 Å². The molecule has 0 spiro atoms. The Morgan fingerprint density at radius 1 is 1.14 bits per heavy atom. The van der Waals surface area contributed by atoms with Gasteiger partial charge < -0.3 is 5.32 Å². The molecule has 0 saturated heterocycles. The molecule has 0 aromatic rings. The van der Waals surface area contributed by atoms with Crippen LogP contribution >= 0.6 is 0 Å². The van der Waals surface area contributed by atoms with Gasteiger partial charge in [-0.3, -0.25) is 9.69 Å². The summed E-state index contributed by atoms with van der Waals surface area (Å²) in [6.45, 7) is 8.49. The molecule has 0 aromatic carbocycles. The zero-order valence-electron chi connectivity index (χ0n) is 14.7. The molecule has 1 unspecified atom stereocenters. The molecule has 22 heavy (non-hydrogen) atoms. The summed E-state index contributed by atoms with van der Waals surface area (Å²) in [6.07, 6.45) is 10.4. The van der Waals surface area contributed by atoms with Crippen LogP contribution in [0.4, 0.5) is 0 Å². The second-order valence-corrected chi connectivity index (χ2v) is 8.35. The molecule has 4 fully saturated rings. The Bertz CT molecular complexity index is 371. The maximum Gasteiger partial charge on any atom is 0.237 e. The van der Waals surface area contributed by atoms with Gasteiger partial charge in [-0.15, -0.1) is 0 Å². The Kier molecular flexibility index (Phi) is 4.82. The molecule has 1 atom stereocenters. The van der Waals surface area contributed by atoms with E-state index in [-0.39, 0.29) is 17.5 Å². The standard InChI is InChI=1S/C19H34N2O/c1-4-6-7-21(5-2)14(3)18(22)20-19-11-15-8-16(12-19)10-17(9-15)13-19/h14-17H,4-13H2,1-3H3,(H,20,22). The van der Waals surface area contributed by atoms with Crippen LogP contribution in [-0.4, -0.2) is 35.5 Å². The van der Waals surface area contributed by atoms with Gasteiger partial charge in [-0.25, -0.2) is 0 Å². The summed E-state index contributed by atoms with van der Waals surface area (Å²) in [5.74, 6) is 2.96. The molecule has 3 heteroatoms. The number of hydrogen-bond acceptors (Lipinski definition) is 2. The fraction of sp³-hybridized carbons (Fsp3) is 0.947. The third-order valence-corrected chi connectivity index (χ3v) is 6.56. The van der Waals surface area contributed by atoms with Crippen LogP contribution in [0.1, 0.15) is 72.1 Å². The first kappa shape index (κ1) is 16.3. The Hall–Kier alpha value is -0.570. The number of nitrogens with zero attached hydrogens (tertiary/aromatic N) is 1. The maximum atomic E-state index is 12.8. The Labute approximate surface area is 136 Å². The highest BCUT2D eigenvalue weighted by Gasteiger charge is 2.51. The van der Waals surface area contributed by atoms with Crippen molar-refractivity contribution in [1.82, 2.24) is 10.2 Å². The van der Waals surface area contributed by atoms with E-state index in [0.29, 0.717) is 0 Å². The summed E-state index contributed by atoms with van der Waals surface area (Å²) in [5.41, 5.74) is 0.157. The van der Waals surface area contributed by atoms with Gasteiger partial charge in [-0.2, -0.15) is 0 Å². The lowest BCUT2D eigenvalue weighted by Gasteiger charge is -2.57. The molecular weight excluding hydrogens is 272 g/mol. The normalized spacial score (nSPS) is 37.5. The molecule has 4 aliphatic rings. The maximum absolute atomic E-state index is 12.8. The van der Waals surface area contributed by atoms with Crippen LogP contribution in [0.15, 0.2) is 0 Å². The van der Waals surface area contributed by atoms with Crippen LogP contribution in [0.5, 0.6) is 0 Å². The van der Waals surface area contributed by atoms with Gasteiger partial charge in [-0.05, 0) is 82.7 Å². The monoisotopic (exact) mass is 306 g/mol. The van der Waals surface area contributed by atoms with Gasteiger partial charge in [0.05, 0.1) is 6.04 Å². The molecule has 4 saturated carbocycles. The van der Waals surface area contributed by atoms with Gasteiger partial charge in [0, 0.05) is 5.54 Å². The number of carbonyl (C=O) groups is 1. The summed E-state index contributed by atoms with van der Waals surface area (Å²) in [4.78, 5) is 15.2. The number of amides is 1. The first-order chi connectivity index (χ1) is 10.5. The molecule has 0 heterocycles. The van der Waals surface area contributed by atoms with Crippen molar-refractivity contribution in [2.75, 3.05) is 13.1 Å². The van der Waals surface area contributed by atoms with Gasteiger partial charge in [-0.1, -0.05) is 20.3 Å². The zero-order valence-corrected chi connectivity index (χ0v) is 14.7. The third kappa shape index (κ3) is 3.20. The summed E-state index contributed by atoms with van der Waals surface area (Å²) in [7, 11) is 0. The largest absolute Gasteiger partial charge is 0.349 e. The van der Waals surface area contributed by atoms with E-state index in [1.165, 1.54) is 51.4 Å². The molecule has 4 bridgehead atoms. The van der Waals surface area contributed by atoms with Gasteiger partial charge in [0.2, 0.25) is 5.91 Å². The van der Waals surface area contributed by atoms with Crippen LogP contribution in [0.3, 0.4) is 0 Å². The number of rotatable bonds is 7. The number of likely N-dealkylation sites (N-methyl/N-ethyl adjacent to an activating group) is 1. The fourth-order valence-electron chi connectivity index (χ4n) is 5.78. The van der Waals surface area contributed by atoms with Crippen LogP contribution < -0.4 is 5.32 Å². The SMILES string of the molecule is CCCCN(CC)C(C)C(=O)NC12CC3CC(CC(C3)C1)C2. The molecule has 1 N–H and O–H groups in total. The van der Waals surface area contributed by atoms with E-state index in [4.69, 9.17) is 0 Å². The number of unbranched alkanes of at least 4 members (excludes halogenated alkanes) is 1. The first-order valence-corrected chi connectivity index (χ1v) is 9.61. The van der Waals surface area contributed by atoms with Crippen molar-refractivity contribution in [3.8, 4) is 0 Å². The van der Waals surface area contributed by atoms with E-state index in [0.717, 1.165) is 30.8 Å². The predicted molar refractivity (Wildman–Crippen MR) is 90.7 cm³/mol. The van der Waals surface area contributed by atoms with Crippen LogP contribution in [0.25, 0.3) is 0 Å². The Balaban J connectivity index is 1.61. The van der Waals surface area contributed by atoms with E-state index in [1.54, 1.807) is 0 Å². The predicted octanol–water partition coefficient (Wildman–Crippen LogP) is 3.58. The molecule has 0 aromatic heterocycles. The quantitative estimate of drug-likeness (QED) is 0.779. The average molecular weight is 306 g/mol. The van der Waals surface area contributed by atoms with Gasteiger partial charge >= 0.3 is 0 Å². The van der Waals surface area contributed by atoms with Crippen molar-refractivity contribution < 1.29 is 4.79 Å². The molecule has 126 valence electrons. The lowest BCUT2D eigenvalue weighted by Crippen LogP contribution is -2.62. The van der Waals surface area contributed by atoms with E-state index in [9.17, 15) is 4.79 Å². The van der Waals surface area contributed by atoms with E-state index < -0.39 is 0 Å². The van der Waals surface area contributed by atoms with Gasteiger partial charge in [0.15, 0.2) is 0 Å². The summed E-state index contributed by atoms with van der Waals surface area (Å²) >= 11 is 0. The lowest BCUT2D eigenvalue weighted by molar-refractivity contribution is -0.131. The molecule has 4 rings (SSSR count). The third-order valence-electron chi connectivity index (χ3n) is 6.56. The van der Waals surface area contributed by atoms with E-state index in [1.807, 2.05) is 0 Å². The summed E-state index contributed by atoms with van der Waals surface area (Å²) in [5, 5.41) is 3.53. The number of nitrogens with one attached hydrogen (secondary N) is 1.